The zero-order valence-corrected chi connectivity index (χ0v) is 16.5. The second-order valence-electron chi connectivity index (χ2n) is 6.88. The van der Waals surface area contributed by atoms with Crippen LogP contribution in [0.25, 0.3) is 21.9 Å². The molecule has 152 valence electrons. The van der Waals surface area contributed by atoms with E-state index in [1.54, 1.807) is 6.20 Å². The molecule has 1 aromatic carbocycles. The van der Waals surface area contributed by atoms with Crippen molar-refractivity contribution in [2.45, 2.75) is 0 Å². The Morgan fingerprint density at radius 2 is 1.63 bits per heavy atom. The van der Waals surface area contributed by atoms with E-state index in [0.717, 1.165) is 15.5 Å². The van der Waals surface area contributed by atoms with Gasteiger partial charge in [0.15, 0.2) is 0 Å². The molecule has 2 N–H and O–H groups in total. The maximum Gasteiger partial charge on any atom is 0.332 e. The molecule has 0 unspecified atom stereocenters. The Hall–Kier alpha value is -4.21. The van der Waals surface area contributed by atoms with Gasteiger partial charge in [-0.05, 0) is 12.1 Å². The maximum absolute atomic E-state index is 12.6. The van der Waals surface area contributed by atoms with Gasteiger partial charge in [-0.25, -0.2) is 9.78 Å². The lowest BCUT2D eigenvalue weighted by atomic mass is 10.2. The number of rotatable bonds is 2. The number of para-hydroxylation sites is 1. The average molecular weight is 406 g/mol. The number of benzene rings is 1. The summed E-state index contributed by atoms with van der Waals surface area (Å²) >= 11 is 0. The number of carbonyl (C=O) groups is 2. The van der Waals surface area contributed by atoms with Gasteiger partial charge in [0, 0.05) is 44.4 Å². The summed E-state index contributed by atoms with van der Waals surface area (Å²) in [6.07, 6.45) is 2.91. The number of aromatic nitrogens is 4. The summed E-state index contributed by atoms with van der Waals surface area (Å²) in [5.74, 6) is -1.12. The summed E-state index contributed by atoms with van der Waals surface area (Å²) in [5, 5.41) is 0.871. The highest BCUT2D eigenvalue weighted by molar-refractivity contribution is 6.08. The van der Waals surface area contributed by atoms with Crippen molar-refractivity contribution in [3.63, 3.8) is 0 Å². The fraction of sp³-hybridized carbons (Fsp3) is 0.150. The minimum absolute atomic E-state index is 0.0662. The number of pyridine rings is 1. The van der Waals surface area contributed by atoms with Gasteiger partial charge in [-0.2, -0.15) is 0 Å². The third kappa shape index (κ3) is 2.94. The minimum atomic E-state index is -0.645. The number of aryl methyl sites for hydroxylation is 2. The van der Waals surface area contributed by atoms with E-state index in [1.807, 2.05) is 35.9 Å². The summed E-state index contributed by atoms with van der Waals surface area (Å²) in [4.78, 5) is 53.5. The van der Waals surface area contributed by atoms with Crippen LogP contribution in [0.1, 0.15) is 20.7 Å². The van der Waals surface area contributed by atoms with Gasteiger partial charge in [-0.15, -0.1) is 0 Å². The van der Waals surface area contributed by atoms with Crippen molar-refractivity contribution in [3.05, 3.63) is 74.7 Å². The number of amides is 2. The molecule has 3 aromatic heterocycles. The average Bonchev–Trinajstić information content (AvgIpc) is 3.10. The SMILES string of the molecule is Cn1c(=O)c2cc(C(=O)NNC(=O)c3cn(C)c4ccccc34)cnc2n(C)c1=O. The highest BCUT2D eigenvalue weighted by atomic mass is 16.2. The van der Waals surface area contributed by atoms with Crippen molar-refractivity contribution in [2.75, 3.05) is 0 Å². The van der Waals surface area contributed by atoms with E-state index in [0.29, 0.717) is 5.56 Å². The first kappa shape index (κ1) is 19.1. The van der Waals surface area contributed by atoms with Crippen LogP contribution in [0.3, 0.4) is 0 Å². The van der Waals surface area contributed by atoms with Crippen molar-refractivity contribution in [2.24, 2.45) is 21.1 Å². The molecule has 0 saturated carbocycles. The molecule has 0 atom stereocenters. The molecule has 0 aliphatic rings. The van der Waals surface area contributed by atoms with Crippen LogP contribution in [0.2, 0.25) is 0 Å². The Kier molecular flexibility index (Phi) is 4.46. The first-order valence-electron chi connectivity index (χ1n) is 9.00. The summed E-state index contributed by atoms with van der Waals surface area (Å²) in [6.45, 7) is 0. The lowest BCUT2D eigenvalue weighted by Gasteiger charge is -2.09. The quantitative estimate of drug-likeness (QED) is 0.461. The fourth-order valence-corrected chi connectivity index (χ4v) is 3.37. The van der Waals surface area contributed by atoms with Crippen LogP contribution in [-0.4, -0.2) is 30.5 Å². The second-order valence-corrected chi connectivity index (χ2v) is 6.88. The highest BCUT2D eigenvalue weighted by Crippen LogP contribution is 2.19. The van der Waals surface area contributed by atoms with E-state index >= 15 is 0 Å². The minimum Gasteiger partial charge on any atom is -0.350 e. The van der Waals surface area contributed by atoms with Crippen LogP contribution >= 0.6 is 0 Å². The molecule has 0 aliphatic heterocycles. The summed E-state index contributed by atoms with van der Waals surface area (Å²) < 4.78 is 3.98. The molecule has 0 saturated heterocycles. The molecule has 3 heterocycles. The van der Waals surface area contributed by atoms with E-state index in [9.17, 15) is 19.2 Å². The molecule has 4 aromatic rings. The summed E-state index contributed by atoms with van der Waals surface area (Å²) in [7, 11) is 4.66. The number of hydrogen-bond donors (Lipinski definition) is 2. The normalized spacial score (nSPS) is 11.0. The maximum atomic E-state index is 12.6. The third-order valence-electron chi connectivity index (χ3n) is 4.99. The Morgan fingerprint density at radius 1 is 0.933 bits per heavy atom. The third-order valence-corrected chi connectivity index (χ3v) is 4.99. The number of carbonyl (C=O) groups excluding carboxylic acids is 2. The van der Waals surface area contributed by atoms with Crippen LogP contribution in [-0.2, 0) is 21.1 Å². The molecular formula is C20H18N6O4. The largest absolute Gasteiger partial charge is 0.350 e. The van der Waals surface area contributed by atoms with Crippen molar-refractivity contribution in [1.82, 2.24) is 29.5 Å². The van der Waals surface area contributed by atoms with E-state index in [2.05, 4.69) is 15.8 Å². The molecule has 10 heteroatoms. The van der Waals surface area contributed by atoms with Gasteiger partial charge in [-0.3, -0.25) is 34.4 Å². The van der Waals surface area contributed by atoms with E-state index < -0.39 is 23.1 Å². The Bertz CT molecular complexity index is 1460. The zero-order valence-electron chi connectivity index (χ0n) is 16.5. The molecule has 0 radical (unpaired) electrons. The molecule has 2 amide bonds. The Labute approximate surface area is 169 Å². The fourth-order valence-electron chi connectivity index (χ4n) is 3.37. The van der Waals surface area contributed by atoms with Gasteiger partial charge in [0.2, 0.25) is 0 Å². The first-order valence-corrected chi connectivity index (χ1v) is 9.00. The van der Waals surface area contributed by atoms with Gasteiger partial charge in [-0.1, -0.05) is 18.2 Å². The van der Waals surface area contributed by atoms with Gasteiger partial charge in [0.25, 0.3) is 17.4 Å². The van der Waals surface area contributed by atoms with Crippen molar-refractivity contribution in [1.29, 1.82) is 0 Å². The first-order chi connectivity index (χ1) is 14.3. The number of nitrogens with one attached hydrogen (secondary N) is 2. The summed E-state index contributed by atoms with van der Waals surface area (Å²) in [6, 6.07) is 8.74. The predicted octanol–water partition coefficient (Wildman–Crippen LogP) is 0.199. The van der Waals surface area contributed by atoms with Gasteiger partial charge in [0.1, 0.15) is 5.65 Å². The molecule has 10 nitrogen and oxygen atoms in total. The molecule has 0 fully saturated rings. The van der Waals surface area contributed by atoms with E-state index in [4.69, 9.17) is 0 Å². The van der Waals surface area contributed by atoms with Crippen LogP contribution in [0.15, 0.2) is 52.3 Å². The van der Waals surface area contributed by atoms with Crippen molar-refractivity contribution >= 4 is 33.8 Å². The van der Waals surface area contributed by atoms with Crippen molar-refractivity contribution in [3.8, 4) is 0 Å². The predicted molar refractivity (Wildman–Crippen MR) is 110 cm³/mol. The molecule has 0 bridgehead atoms. The van der Waals surface area contributed by atoms with Gasteiger partial charge >= 0.3 is 5.69 Å². The monoisotopic (exact) mass is 406 g/mol. The topological polar surface area (TPSA) is 120 Å². The van der Waals surface area contributed by atoms with Crippen molar-refractivity contribution < 1.29 is 9.59 Å². The van der Waals surface area contributed by atoms with Gasteiger partial charge < -0.3 is 4.57 Å². The number of fused-ring (bicyclic) bond motifs is 2. The standard InChI is InChI=1S/C20H18N6O4/c1-24-10-14(12-6-4-5-7-15(12)24)18(28)23-22-17(27)11-8-13-16(21-9-11)25(2)20(30)26(3)19(13)29/h4-10H,1-3H3,(H,22,27)(H,23,28). The molecule has 0 aliphatic carbocycles. The van der Waals surface area contributed by atoms with E-state index in [-0.39, 0.29) is 16.6 Å². The van der Waals surface area contributed by atoms with Crippen LogP contribution < -0.4 is 22.1 Å². The Morgan fingerprint density at radius 3 is 2.40 bits per heavy atom. The van der Waals surface area contributed by atoms with Crippen LogP contribution in [0.5, 0.6) is 0 Å². The smallest absolute Gasteiger partial charge is 0.332 e. The van der Waals surface area contributed by atoms with E-state index in [1.165, 1.54) is 30.9 Å². The zero-order chi connectivity index (χ0) is 21.6. The lowest BCUT2D eigenvalue weighted by Crippen LogP contribution is -2.42. The number of hydrogen-bond acceptors (Lipinski definition) is 5. The molecule has 0 spiro atoms. The molecule has 4 rings (SSSR count). The second kappa shape index (κ2) is 6.99. The van der Waals surface area contributed by atoms with Crippen LogP contribution in [0, 0.1) is 0 Å². The summed E-state index contributed by atoms with van der Waals surface area (Å²) in [5.41, 5.74) is 5.16. The number of nitrogens with zero attached hydrogens (tertiary/aromatic N) is 4. The number of hydrazine groups is 1. The van der Waals surface area contributed by atoms with Gasteiger partial charge in [0.05, 0.1) is 16.5 Å². The molecule has 30 heavy (non-hydrogen) atoms. The lowest BCUT2D eigenvalue weighted by molar-refractivity contribution is 0.0847. The highest BCUT2D eigenvalue weighted by Gasteiger charge is 2.16. The molecular weight excluding hydrogens is 388 g/mol. The van der Waals surface area contributed by atoms with Crippen LogP contribution in [0.4, 0.5) is 0 Å². The Balaban J connectivity index is 1.60.